The van der Waals surface area contributed by atoms with Crippen molar-refractivity contribution in [2.45, 2.75) is 71.3 Å². The van der Waals surface area contributed by atoms with Crippen LogP contribution in [0.15, 0.2) is 35.9 Å². The van der Waals surface area contributed by atoms with Gasteiger partial charge in [0, 0.05) is 0 Å². The molecule has 1 aromatic rings. The molecule has 116 valence electrons. The predicted molar refractivity (Wildman–Crippen MR) is 92.7 cm³/mol. The maximum absolute atomic E-state index is 3.74. The van der Waals surface area contributed by atoms with E-state index in [2.05, 4.69) is 63.4 Å². The Morgan fingerprint density at radius 1 is 1.10 bits per heavy atom. The first kappa shape index (κ1) is 16.3. The van der Waals surface area contributed by atoms with Gasteiger partial charge in [-0.3, -0.25) is 0 Å². The van der Waals surface area contributed by atoms with Gasteiger partial charge in [0.05, 0.1) is 6.04 Å². The number of hydrogen-bond acceptors (Lipinski definition) is 1. The minimum Gasteiger partial charge on any atom is -0.307 e. The molecule has 1 N–H and O–H groups in total. The molecule has 0 heterocycles. The Hall–Kier alpha value is -1.08. The fraction of sp³-hybridized carbons (Fsp3) is 0.600. The normalized spacial score (nSPS) is 18.0. The number of nitrogens with one attached hydrogen (secondary N) is 1. The van der Waals surface area contributed by atoms with Crippen molar-refractivity contribution in [2.24, 2.45) is 0 Å². The van der Waals surface area contributed by atoms with Crippen molar-refractivity contribution in [3.8, 4) is 0 Å². The Morgan fingerprint density at radius 2 is 1.86 bits per heavy atom. The van der Waals surface area contributed by atoms with Gasteiger partial charge in [-0.05, 0) is 48.8 Å². The summed E-state index contributed by atoms with van der Waals surface area (Å²) in [6, 6.07) is 9.38. The highest BCUT2D eigenvalue weighted by atomic mass is 14.9. The van der Waals surface area contributed by atoms with Gasteiger partial charge in [0.1, 0.15) is 0 Å². The molecule has 0 aromatic heterocycles. The monoisotopic (exact) mass is 285 g/mol. The van der Waals surface area contributed by atoms with Crippen LogP contribution in [-0.4, -0.2) is 6.54 Å². The average molecular weight is 285 g/mol. The van der Waals surface area contributed by atoms with Crippen molar-refractivity contribution in [3.05, 3.63) is 47.0 Å². The third kappa shape index (κ3) is 4.20. The van der Waals surface area contributed by atoms with E-state index in [1.54, 1.807) is 5.57 Å². The molecule has 1 aromatic carbocycles. The first-order valence-corrected chi connectivity index (χ1v) is 8.55. The smallest absolute Gasteiger partial charge is 0.0538 e. The maximum atomic E-state index is 3.74. The molecule has 0 aliphatic heterocycles. The van der Waals surface area contributed by atoms with E-state index in [1.165, 1.54) is 43.2 Å². The van der Waals surface area contributed by atoms with Gasteiger partial charge in [0.2, 0.25) is 0 Å². The molecule has 0 spiro atoms. The Bertz CT molecular complexity index is 479. The molecule has 0 bridgehead atoms. The minimum absolute atomic E-state index is 0.190. The van der Waals surface area contributed by atoms with Gasteiger partial charge in [-0.25, -0.2) is 0 Å². The van der Waals surface area contributed by atoms with Crippen LogP contribution >= 0.6 is 0 Å². The SMILES string of the molecule is CCNC(C1=CCCCCC1)c1ccccc1C(C)(C)C. The second-order valence-electron chi connectivity index (χ2n) is 7.21. The molecule has 0 saturated heterocycles. The summed E-state index contributed by atoms with van der Waals surface area (Å²) in [6.45, 7) is 10.2. The molecule has 0 amide bonds. The van der Waals surface area contributed by atoms with Gasteiger partial charge in [0.15, 0.2) is 0 Å². The summed E-state index contributed by atoms with van der Waals surface area (Å²) in [6.07, 6.45) is 9.05. The van der Waals surface area contributed by atoms with E-state index in [-0.39, 0.29) is 5.41 Å². The summed E-state index contributed by atoms with van der Waals surface area (Å²) in [5.41, 5.74) is 4.74. The topological polar surface area (TPSA) is 12.0 Å². The lowest BCUT2D eigenvalue weighted by atomic mass is 9.80. The van der Waals surface area contributed by atoms with E-state index in [9.17, 15) is 0 Å². The summed E-state index contributed by atoms with van der Waals surface area (Å²) in [7, 11) is 0. The van der Waals surface area contributed by atoms with Crippen LogP contribution in [-0.2, 0) is 5.41 Å². The number of benzene rings is 1. The zero-order valence-corrected chi connectivity index (χ0v) is 14.2. The van der Waals surface area contributed by atoms with Gasteiger partial charge in [-0.1, -0.05) is 70.0 Å². The van der Waals surface area contributed by atoms with E-state index < -0.39 is 0 Å². The second kappa shape index (κ2) is 7.26. The highest BCUT2D eigenvalue weighted by Gasteiger charge is 2.24. The van der Waals surface area contributed by atoms with Crippen LogP contribution in [0.5, 0.6) is 0 Å². The Morgan fingerprint density at radius 3 is 2.57 bits per heavy atom. The average Bonchev–Trinajstić information content (AvgIpc) is 2.73. The molecule has 0 radical (unpaired) electrons. The number of rotatable bonds is 4. The molecular formula is C20H31N. The Kier molecular flexibility index (Phi) is 5.64. The Labute approximate surface area is 130 Å². The van der Waals surface area contributed by atoms with E-state index in [0.29, 0.717) is 6.04 Å². The molecule has 2 rings (SSSR count). The van der Waals surface area contributed by atoms with Crippen LogP contribution in [0.1, 0.15) is 77.0 Å². The van der Waals surface area contributed by atoms with Crippen LogP contribution in [0, 0.1) is 0 Å². The van der Waals surface area contributed by atoms with Crippen LogP contribution in [0.4, 0.5) is 0 Å². The fourth-order valence-electron chi connectivity index (χ4n) is 3.38. The standard InChI is InChI=1S/C20H31N/c1-5-21-19(16-12-8-6-7-9-13-16)17-14-10-11-15-18(17)20(2,3)4/h10-12,14-15,19,21H,5-9,13H2,1-4H3. The zero-order chi connectivity index (χ0) is 15.3. The van der Waals surface area contributed by atoms with Crippen LogP contribution in [0.3, 0.4) is 0 Å². The molecule has 1 aliphatic rings. The van der Waals surface area contributed by atoms with Crippen LogP contribution in [0.25, 0.3) is 0 Å². The molecule has 0 saturated carbocycles. The maximum Gasteiger partial charge on any atom is 0.0538 e. The molecule has 1 unspecified atom stereocenters. The Balaban J connectivity index is 2.40. The predicted octanol–water partition coefficient (Wildman–Crippen LogP) is 5.53. The quantitative estimate of drug-likeness (QED) is 0.718. The van der Waals surface area contributed by atoms with Crippen molar-refractivity contribution >= 4 is 0 Å². The third-order valence-electron chi connectivity index (χ3n) is 4.43. The molecular weight excluding hydrogens is 254 g/mol. The molecule has 1 aliphatic carbocycles. The molecule has 1 atom stereocenters. The van der Waals surface area contributed by atoms with E-state index in [4.69, 9.17) is 0 Å². The number of allylic oxidation sites excluding steroid dienone is 1. The van der Waals surface area contributed by atoms with Crippen LogP contribution in [0.2, 0.25) is 0 Å². The van der Waals surface area contributed by atoms with Crippen molar-refractivity contribution in [3.63, 3.8) is 0 Å². The molecule has 21 heavy (non-hydrogen) atoms. The first-order valence-electron chi connectivity index (χ1n) is 8.55. The third-order valence-corrected chi connectivity index (χ3v) is 4.43. The number of likely N-dealkylation sites (N-methyl/N-ethyl adjacent to an activating group) is 1. The summed E-state index contributed by atoms with van der Waals surface area (Å²) in [5, 5.41) is 3.74. The molecule has 0 fully saturated rings. The molecule has 1 heteroatoms. The second-order valence-corrected chi connectivity index (χ2v) is 7.21. The summed E-state index contributed by atoms with van der Waals surface area (Å²) in [5.74, 6) is 0. The zero-order valence-electron chi connectivity index (χ0n) is 14.2. The molecule has 1 nitrogen and oxygen atoms in total. The highest BCUT2D eigenvalue weighted by molar-refractivity contribution is 5.39. The van der Waals surface area contributed by atoms with Gasteiger partial charge in [-0.2, -0.15) is 0 Å². The van der Waals surface area contributed by atoms with Crippen molar-refractivity contribution in [1.82, 2.24) is 5.32 Å². The van der Waals surface area contributed by atoms with Crippen molar-refractivity contribution in [1.29, 1.82) is 0 Å². The fourth-order valence-corrected chi connectivity index (χ4v) is 3.38. The van der Waals surface area contributed by atoms with Crippen LogP contribution < -0.4 is 5.32 Å². The lowest BCUT2D eigenvalue weighted by molar-refractivity contribution is 0.544. The van der Waals surface area contributed by atoms with E-state index >= 15 is 0 Å². The van der Waals surface area contributed by atoms with E-state index in [1.807, 2.05) is 0 Å². The lowest BCUT2D eigenvalue weighted by Crippen LogP contribution is -2.26. The highest BCUT2D eigenvalue weighted by Crippen LogP contribution is 2.35. The van der Waals surface area contributed by atoms with Crippen molar-refractivity contribution in [2.75, 3.05) is 6.54 Å². The van der Waals surface area contributed by atoms with E-state index in [0.717, 1.165) is 6.54 Å². The lowest BCUT2D eigenvalue weighted by Gasteiger charge is -2.29. The van der Waals surface area contributed by atoms with Gasteiger partial charge < -0.3 is 5.32 Å². The number of hydrogen-bond donors (Lipinski definition) is 1. The van der Waals surface area contributed by atoms with Gasteiger partial charge >= 0.3 is 0 Å². The summed E-state index contributed by atoms with van der Waals surface area (Å²) in [4.78, 5) is 0. The summed E-state index contributed by atoms with van der Waals surface area (Å²) >= 11 is 0. The largest absolute Gasteiger partial charge is 0.307 e. The van der Waals surface area contributed by atoms with Gasteiger partial charge in [-0.15, -0.1) is 0 Å². The summed E-state index contributed by atoms with van der Waals surface area (Å²) < 4.78 is 0. The minimum atomic E-state index is 0.190. The first-order chi connectivity index (χ1) is 10.0. The van der Waals surface area contributed by atoms with Gasteiger partial charge in [0.25, 0.3) is 0 Å². The van der Waals surface area contributed by atoms with Crippen molar-refractivity contribution < 1.29 is 0 Å².